The molecule has 2 aromatic heterocycles. The fraction of sp³-hybridized carbons (Fsp3) is 0.429. The van der Waals surface area contributed by atoms with Crippen molar-refractivity contribution in [3.63, 3.8) is 0 Å². The van der Waals surface area contributed by atoms with E-state index < -0.39 is 11.3 Å². The Bertz CT molecular complexity index is 1030. The van der Waals surface area contributed by atoms with E-state index in [0.717, 1.165) is 5.69 Å². The summed E-state index contributed by atoms with van der Waals surface area (Å²) < 4.78 is 1.69. The number of pyridine rings is 1. The molecular formula is C21H30N8O2. The summed E-state index contributed by atoms with van der Waals surface area (Å²) in [4.78, 5) is 28.7. The highest BCUT2D eigenvalue weighted by Gasteiger charge is 2.25. The van der Waals surface area contributed by atoms with E-state index in [1.165, 1.54) is 11.2 Å². The van der Waals surface area contributed by atoms with E-state index in [0.29, 0.717) is 28.3 Å². The summed E-state index contributed by atoms with van der Waals surface area (Å²) in [5.41, 5.74) is 2.41. The lowest BCUT2D eigenvalue weighted by Crippen LogP contribution is -2.37. The molecule has 0 aliphatic heterocycles. The van der Waals surface area contributed by atoms with E-state index in [1.807, 2.05) is 6.92 Å². The van der Waals surface area contributed by atoms with Gasteiger partial charge in [-0.3, -0.25) is 24.7 Å². The Morgan fingerprint density at radius 3 is 2.42 bits per heavy atom. The number of aromatic nitrogens is 3. The van der Waals surface area contributed by atoms with Crippen LogP contribution >= 0.6 is 0 Å². The number of nitrogens with one attached hydrogen (secondary N) is 3. The summed E-state index contributed by atoms with van der Waals surface area (Å²) in [5, 5.41) is 24.4. The van der Waals surface area contributed by atoms with E-state index >= 15 is 0 Å². The van der Waals surface area contributed by atoms with Crippen LogP contribution in [0.5, 0.6) is 0 Å². The number of hydrazine groups is 1. The molecule has 0 fully saturated rings. The molecule has 10 nitrogen and oxygen atoms in total. The fourth-order valence-electron chi connectivity index (χ4n) is 2.73. The molecule has 2 aromatic rings. The third-order valence-corrected chi connectivity index (χ3v) is 4.96. The number of carbonyl (C=O) groups excluding carboxylic acids is 2. The standard InChI is InChI=1S/C21H30N8O2/c1-12-18(29(24)11-17(23)15-10-26-28(6)13(15)2)7-14(9-25-12)27-20(31)16(22)8-19(30)21(3,4)5/h7,9-10,22-23H,8,11,24H2,1-6H3,(H,27,31). The number of carbonyl (C=O) groups is 2. The zero-order valence-electron chi connectivity index (χ0n) is 18.8. The number of amides is 1. The Morgan fingerprint density at radius 1 is 1.23 bits per heavy atom. The first-order valence-electron chi connectivity index (χ1n) is 9.78. The van der Waals surface area contributed by atoms with Crippen molar-refractivity contribution in [2.75, 3.05) is 16.9 Å². The molecule has 0 bridgehead atoms. The monoisotopic (exact) mass is 426 g/mol. The van der Waals surface area contributed by atoms with Crippen molar-refractivity contribution >= 4 is 34.5 Å². The van der Waals surface area contributed by atoms with Gasteiger partial charge in [0, 0.05) is 23.7 Å². The molecular weight excluding hydrogens is 396 g/mol. The van der Waals surface area contributed by atoms with Gasteiger partial charge in [-0.05, 0) is 19.9 Å². The number of nitrogens with two attached hydrogens (primary N) is 1. The molecule has 0 spiro atoms. The van der Waals surface area contributed by atoms with Crippen LogP contribution in [0.3, 0.4) is 0 Å². The van der Waals surface area contributed by atoms with E-state index in [2.05, 4.69) is 15.4 Å². The van der Waals surface area contributed by atoms with Crippen molar-refractivity contribution < 1.29 is 9.59 Å². The lowest BCUT2D eigenvalue weighted by Gasteiger charge is -2.21. The number of anilines is 2. The molecule has 0 aromatic carbocycles. The molecule has 0 aliphatic carbocycles. The molecule has 166 valence electrons. The predicted octanol–water partition coefficient (Wildman–Crippen LogP) is 2.14. The summed E-state index contributed by atoms with van der Waals surface area (Å²) in [6.07, 6.45) is 2.84. The van der Waals surface area contributed by atoms with E-state index in [9.17, 15) is 9.59 Å². The molecule has 10 heteroatoms. The van der Waals surface area contributed by atoms with Crippen molar-refractivity contribution in [3.8, 4) is 0 Å². The predicted molar refractivity (Wildman–Crippen MR) is 121 cm³/mol. The van der Waals surface area contributed by atoms with Crippen molar-refractivity contribution in [3.05, 3.63) is 35.4 Å². The maximum atomic E-state index is 12.3. The van der Waals surface area contributed by atoms with Gasteiger partial charge in [-0.15, -0.1) is 0 Å². The maximum absolute atomic E-state index is 12.3. The van der Waals surface area contributed by atoms with Crippen LogP contribution in [-0.2, 0) is 16.6 Å². The van der Waals surface area contributed by atoms with Crippen molar-refractivity contribution in [1.82, 2.24) is 14.8 Å². The Kier molecular flexibility index (Phi) is 7.06. The highest BCUT2D eigenvalue weighted by molar-refractivity contribution is 6.44. The summed E-state index contributed by atoms with van der Waals surface area (Å²) in [6, 6.07) is 1.63. The quantitative estimate of drug-likeness (QED) is 0.288. The SMILES string of the molecule is Cc1ncc(NC(=O)C(=N)CC(=O)C(C)(C)C)cc1N(N)CC(=N)c1cnn(C)c1C. The Balaban J connectivity index is 2.11. The van der Waals surface area contributed by atoms with Crippen LogP contribution in [0.4, 0.5) is 11.4 Å². The van der Waals surface area contributed by atoms with Crippen LogP contribution in [-0.4, -0.2) is 44.4 Å². The van der Waals surface area contributed by atoms with Gasteiger partial charge >= 0.3 is 0 Å². The van der Waals surface area contributed by atoms with Crippen LogP contribution in [0.2, 0.25) is 0 Å². The van der Waals surface area contributed by atoms with Gasteiger partial charge in [0.15, 0.2) is 0 Å². The molecule has 0 saturated carbocycles. The Hall–Kier alpha value is -3.40. The average molecular weight is 427 g/mol. The average Bonchev–Trinajstić information content (AvgIpc) is 3.01. The third kappa shape index (κ3) is 5.82. The number of hydrogen-bond donors (Lipinski definition) is 4. The molecule has 5 N–H and O–H groups in total. The lowest BCUT2D eigenvalue weighted by atomic mass is 9.88. The second kappa shape index (κ2) is 9.17. The zero-order valence-corrected chi connectivity index (χ0v) is 18.8. The molecule has 0 radical (unpaired) electrons. The van der Waals surface area contributed by atoms with E-state index in [1.54, 1.807) is 51.7 Å². The van der Waals surface area contributed by atoms with Crippen LogP contribution in [0.25, 0.3) is 0 Å². The number of rotatable bonds is 8. The molecule has 31 heavy (non-hydrogen) atoms. The lowest BCUT2D eigenvalue weighted by molar-refractivity contribution is -0.125. The fourth-order valence-corrected chi connectivity index (χ4v) is 2.73. The van der Waals surface area contributed by atoms with Gasteiger partial charge in [-0.1, -0.05) is 20.8 Å². The smallest absolute Gasteiger partial charge is 0.269 e. The summed E-state index contributed by atoms with van der Waals surface area (Å²) in [6.45, 7) is 9.00. The summed E-state index contributed by atoms with van der Waals surface area (Å²) in [5.74, 6) is 5.33. The first-order valence-corrected chi connectivity index (χ1v) is 9.78. The number of Topliss-reactive ketones (excluding diaryl/α,β-unsaturated/α-hetero) is 1. The largest absolute Gasteiger partial charge is 0.319 e. The van der Waals surface area contributed by atoms with Crippen molar-refractivity contribution in [2.24, 2.45) is 18.3 Å². The van der Waals surface area contributed by atoms with E-state index in [4.69, 9.17) is 16.7 Å². The maximum Gasteiger partial charge on any atom is 0.269 e. The molecule has 0 unspecified atom stereocenters. The minimum Gasteiger partial charge on any atom is -0.319 e. The van der Waals surface area contributed by atoms with Crippen LogP contribution in [0, 0.1) is 30.1 Å². The minimum atomic E-state index is -0.670. The van der Waals surface area contributed by atoms with Crippen LogP contribution < -0.4 is 16.2 Å². The topological polar surface area (TPSA) is 154 Å². The highest BCUT2D eigenvalue weighted by Crippen LogP contribution is 2.22. The molecule has 0 saturated heterocycles. The van der Waals surface area contributed by atoms with Gasteiger partial charge in [0.1, 0.15) is 11.5 Å². The second-order valence-electron chi connectivity index (χ2n) is 8.48. The van der Waals surface area contributed by atoms with Crippen LogP contribution in [0.15, 0.2) is 18.5 Å². The number of ketones is 1. The number of aryl methyl sites for hydroxylation is 2. The summed E-state index contributed by atoms with van der Waals surface area (Å²) in [7, 11) is 1.80. The van der Waals surface area contributed by atoms with Gasteiger partial charge in [0.2, 0.25) is 0 Å². The minimum absolute atomic E-state index is 0.113. The zero-order chi connectivity index (χ0) is 23.5. The molecule has 2 rings (SSSR count). The highest BCUT2D eigenvalue weighted by atomic mass is 16.2. The molecule has 0 atom stereocenters. The first-order chi connectivity index (χ1) is 14.3. The normalized spacial score (nSPS) is 11.2. The molecule has 0 aliphatic rings. The van der Waals surface area contributed by atoms with Gasteiger partial charge in [-0.25, -0.2) is 5.84 Å². The van der Waals surface area contributed by atoms with E-state index in [-0.39, 0.29) is 24.5 Å². The second-order valence-corrected chi connectivity index (χ2v) is 8.48. The number of nitrogens with zero attached hydrogens (tertiary/aromatic N) is 4. The number of hydrogen-bond acceptors (Lipinski definition) is 8. The van der Waals surface area contributed by atoms with Crippen LogP contribution in [0.1, 0.15) is 44.1 Å². The third-order valence-electron chi connectivity index (χ3n) is 4.96. The molecule has 2 heterocycles. The Morgan fingerprint density at radius 2 is 1.87 bits per heavy atom. The Labute approximate surface area is 181 Å². The first kappa shape index (κ1) is 23.9. The van der Waals surface area contributed by atoms with Gasteiger partial charge in [0.25, 0.3) is 5.91 Å². The van der Waals surface area contributed by atoms with Gasteiger partial charge in [-0.2, -0.15) is 5.10 Å². The summed E-state index contributed by atoms with van der Waals surface area (Å²) >= 11 is 0. The van der Waals surface area contributed by atoms with Gasteiger partial charge in [0.05, 0.1) is 48.1 Å². The van der Waals surface area contributed by atoms with Crippen molar-refractivity contribution in [2.45, 2.75) is 41.0 Å². The molecule has 1 amide bonds. The van der Waals surface area contributed by atoms with Gasteiger partial charge < -0.3 is 15.7 Å². The van der Waals surface area contributed by atoms with Crippen molar-refractivity contribution in [1.29, 1.82) is 10.8 Å².